The van der Waals surface area contributed by atoms with Gasteiger partial charge in [0, 0.05) is 44.0 Å². The van der Waals surface area contributed by atoms with Crippen LogP contribution in [0.1, 0.15) is 11.1 Å². The smallest absolute Gasteiger partial charge is 0.160 e. The normalized spacial score (nSPS) is 22.7. The molecule has 2 nitrogen and oxygen atoms in total. The van der Waals surface area contributed by atoms with Gasteiger partial charge in [0.05, 0.1) is 0 Å². The molecule has 0 bridgehead atoms. The lowest BCUT2D eigenvalue weighted by Crippen LogP contribution is -2.34. The molecule has 0 radical (unpaired) electrons. The van der Waals surface area contributed by atoms with Gasteiger partial charge in [0.1, 0.15) is 0 Å². The summed E-state index contributed by atoms with van der Waals surface area (Å²) >= 11 is 0. The molecule has 1 saturated heterocycles. The number of rotatable bonds is 6. The van der Waals surface area contributed by atoms with Crippen molar-refractivity contribution in [3.05, 3.63) is 102 Å². The van der Waals surface area contributed by atoms with Crippen LogP contribution in [0.4, 0.5) is 14.5 Å². The van der Waals surface area contributed by atoms with E-state index in [1.807, 2.05) is 0 Å². The van der Waals surface area contributed by atoms with Crippen molar-refractivity contribution >= 4 is 5.69 Å². The average Bonchev–Trinajstić information content (AvgIpc) is 3.24. The van der Waals surface area contributed by atoms with Gasteiger partial charge < -0.3 is 4.90 Å². The first-order valence-corrected chi connectivity index (χ1v) is 10.2. The van der Waals surface area contributed by atoms with Gasteiger partial charge in [-0.1, -0.05) is 60.7 Å². The number of halogens is 2. The monoisotopic (exact) mass is 390 g/mol. The Kier molecular flexibility index (Phi) is 4.80. The minimum absolute atomic E-state index is 0.539. The van der Waals surface area contributed by atoms with Crippen molar-refractivity contribution in [2.24, 2.45) is 11.8 Å². The Bertz CT molecular complexity index is 923. The summed E-state index contributed by atoms with van der Waals surface area (Å²) < 4.78 is 26.9. The molecule has 0 amide bonds. The molecule has 5 rings (SSSR count). The molecule has 2 unspecified atom stereocenters. The third kappa shape index (κ3) is 3.77. The molecule has 3 aromatic rings. The van der Waals surface area contributed by atoms with E-state index in [1.54, 1.807) is 6.07 Å². The maximum absolute atomic E-state index is 13.6. The standard InChI is InChI=1S/C25H24F2N2/c26-23-12-11-20(13-24(23)27)28-16-21-22(17-28)25(21)29(14-18-7-3-1-4-8-18)15-19-9-5-2-6-10-19/h1-13,21-22,25H,14-17H2. The van der Waals surface area contributed by atoms with Crippen LogP contribution in [0.2, 0.25) is 0 Å². The van der Waals surface area contributed by atoms with Crippen LogP contribution in [-0.2, 0) is 13.1 Å². The van der Waals surface area contributed by atoms with Crippen molar-refractivity contribution in [3.63, 3.8) is 0 Å². The number of hydrogen-bond donors (Lipinski definition) is 0. The number of nitrogens with zero attached hydrogens (tertiary/aromatic N) is 2. The van der Waals surface area contributed by atoms with Gasteiger partial charge in [-0.05, 0) is 35.1 Å². The second-order valence-electron chi connectivity index (χ2n) is 8.20. The maximum Gasteiger partial charge on any atom is 0.160 e. The molecular weight excluding hydrogens is 366 g/mol. The van der Waals surface area contributed by atoms with Gasteiger partial charge in [-0.3, -0.25) is 4.90 Å². The van der Waals surface area contributed by atoms with Gasteiger partial charge in [-0.15, -0.1) is 0 Å². The lowest BCUT2D eigenvalue weighted by Gasteiger charge is -2.28. The summed E-state index contributed by atoms with van der Waals surface area (Å²) in [6.45, 7) is 3.66. The van der Waals surface area contributed by atoms with Crippen molar-refractivity contribution in [2.75, 3.05) is 18.0 Å². The largest absolute Gasteiger partial charge is 0.371 e. The van der Waals surface area contributed by atoms with Crippen molar-refractivity contribution in [2.45, 2.75) is 19.1 Å². The lowest BCUT2D eigenvalue weighted by molar-refractivity contribution is 0.222. The zero-order valence-corrected chi connectivity index (χ0v) is 16.2. The fraction of sp³-hybridized carbons (Fsp3) is 0.280. The van der Waals surface area contributed by atoms with E-state index < -0.39 is 11.6 Å². The fourth-order valence-electron chi connectivity index (χ4n) is 4.83. The summed E-state index contributed by atoms with van der Waals surface area (Å²) in [4.78, 5) is 4.78. The Morgan fingerprint density at radius 3 is 1.79 bits per heavy atom. The molecule has 0 N–H and O–H groups in total. The van der Waals surface area contributed by atoms with Crippen molar-refractivity contribution in [1.82, 2.24) is 4.90 Å². The third-order valence-corrected chi connectivity index (χ3v) is 6.30. The number of fused-ring (bicyclic) bond motifs is 1. The molecule has 1 aliphatic heterocycles. The Labute approximate surface area is 170 Å². The summed E-state index contributed by atoms with van der Waals surface area (Å²) in [5.41, 5.74) is 3.43. The predicted molar refractivity (Wildman–Crippen MR) is 111 cm³/mol. The molecule has 2 aliphatic rings. The summed E-state index contributed by atoms with van der Waals surface area (Å²) in [5, 5.41) is 0. The minimum Gasteiger partial charge on any atom is -0.371 e. The number of benzene rings is 3. The molecule has 1 saturated carbocycles. The van der Waals surface area contributed by atoms with E-state index in [1.165, 1.54) is 23.3 Å². The fourth-order valence-corrected chi connectivity index (χ4v) is 4.83. The Morgan fingerprint density at radius 2 is 1.28 bits per heavy atom. The minimum atomic E-state index is -0.784. The van der Waals surface area contributed by atoms with E-state index in [9.17, 15) is 8.78 Å². The quantitative estimate of drug-likeness (QED) is 0.578. The Hall–Kier alpha value is -2.72. The van der Waals surface area contributed by atoms with Crippen LogP contribution in [0, 0.1) is 23.5 Å². The number of anilines is 1. The first-order valence-electron chi connectivity index (χ1n) is 10.2. The summed E-state index contributed by atoms with van der Waals surface area (Å²) in [5.74, 6) is -0.395. The Balaban J connectivity index is 1.30. The van der Waals surface area contributed by atoms with Gasteiger partial charge in [0.15, 0.2) is 11.6 Å². The highest BCUT2D eigenvalue weighted by atomic mass is 19.2. The van der Waals surface area contributed by atoms with Crippen LogP contribution < -0.4 is 4.90 Å². The van der Waals surface area contributed by atoms with Gasteiger partial charge in [0.2, 0.25) is 0 Å². The summed E-state index contributed by atoms with van der Waals surface area (Å²) in [6, 6.07) is 26.0. The van der Waals surface area contributed by atoms with Gasteiger partial charge in [-0.2, -0.15) is 0 Å². The molecule has 29 heavy (non-hydrogen) atoms. The first kappa shape index (κ1) is 18.3. The number of piperidine rings is 1. The average molecular weight is 390 g/mol. The first-order chi connectivity index (χ1) is 14.2. The molecule has 0 aromatic heterocycles. The van der Waals surface area contributed by atoms with Crippen LogP contribution in [0.5, 0.6) is 0 Å². The second kappa shape index (κ2) is 7.60. The summed E-state index contributed by atoms with van der Waals surface area (Å²) in [7, 11) is 0. The van der Waals surface area contributed by atoms with Crippen LogP contribution in [-0.4, -0.2) is 24.0 Å². The van der Waals surface area contributed by atoms with Crippen molar-refractivity contribution in [1.29, 1.82) is 0 Å². The van der Waals surface area contributed by atoms with E-state index in [0.29, 0.717) is 17.9 Å². The van der Waals surface area contributed by atoms with Crippen LogP contribution >= 0.6 is 0 Å². The molecule has 148 valence electrons. The van der Waals surface area contributed by atoms with E-state index in [0.717, 1.165) is 31.9 Å². The lowest BCUT2D eigenvalue weighted by atomic mass is 10.1. The molecule has 4 heteroatoms. The third-order valence-electron chi connectivity index (χ3n) is 6.30. The highest BCUT2D eigenvalue weighted by Gasteiger charge is 2.58. The summed E-state index contributed by atoms with van der Waals surface area (Å²) in [6.07, 6.45) is 0. The zero-order valence-electron chi connectivity index (χ0n) is 16.2. The second-order valence-corrected chi connectivity index (χ2v) is 8.20. The number of hydrogen-bond acceptors (Lipinski definition) is 2. The highest BCUT2D eigenvalue weighted by molar-refractivity contribution is 5.49. The molecule has 2 atom stereocenters. The van der Waals surface area contributed by atoms with E-state index in [2.05, 4.69) is 70.5 Å². The molecule has 1 aliphatic carbocycles. The SMILES string of the molecule is Fc1ccc(N2CC3C(C2)C3N(Cc2ccccc2)Cc2ccccc2)cc1F. The Morgan fingerprint density at radius 1 is 0.724 bits per heavy atom. The molecular formula is C25H24F2N2. The molecule has 3 aromatic carbocycles. The zero-order chi connectivity index (χ0) is 19.8. The van der Waals surface area contributed by atoms with Gasteiger partial charge in [0.25, 0.3) is 0 Å². The maximum atomic E-state index is 13.6. The predicted octanol–water partition coefficient (Wildman–Crippen LogP) is 5.10. The van der Waals surface area contributed by atoms with E-state index in [4.69, 9.17) is 0 Å². The van der Waals surface area contributed by atoms with Crippen LogP contribution in [0.15, 0.2) is 78.9 Å². The van der Waals surface area contributed by atoms with Crippen molar-refractivity contribution in [3.8, 4) is 0 Å². The highest BCUT2D eigenvalue weighted by Crippen LogP contribution is 2.50. The topological polar surface area (TPSA) is 6.48 Å². The van der Waals surface area contributed by atoms with Gasteiger partial charge >= 0.3 is 0 Å². The van der Waals surface area contributed by atoms with Gasteiger partial charge in [-0.25, -0.2) is 8.78 Å². The van der Waals surface area contributed by atoms with Crippen LogP contribution in [0.3, 0.4) is 0 Å². The van der Waals surface area contributed by atoms with E-state index in [-0.39, 0.29) is 0 Å². The van der Waals surface area contributed by atoms with Crippen molar-refractivity contribution < 1.29 is 8.78 Å². The molecule has 1 heterocycles. The molecule has 2 fully saturated rings. The molecule has 0 spiro atoms. The van der Waals surface area contributed by atoms with E-state index >= 15 is 0 Å². The van der Waals surface area contributed by atoms with Crippen LogP contribution in [0.25, 0.3) is 0 Å².